The van der Waals surface area contributed by atoms with Gasteiger partial charge in [0.1, 0.15) is 0 Å². The molecule has 0 saturated carbocycles. The SMILES string of the molecule is CCCCCc1ccc(/N=N/c2ccc(N[C]=O)cc2)cc1. The number of hydrogen-bond acceptors (Lipinski definition) is 3. The van der Waals surface area contributed by atoms with E-state index in [0.717, 1.165) is 17.8 Å². The van der Waals surface area contributed by atoms with Crippen molar-refractivity contribution in [2.75, 3.05) is 5.32 Å². The van der Waals surface area contributed by atoms with E-state index in [1.54, 1.807) is 30.7 Å². The van der Waals surface area contributed by atoms with Crippen LogP contribution in [-0.4, -0.2) is 6.41 Å². The molecule has 2 rings (SSSR count). The summed E-state index contributed by atoms with van der Waals surface area (Å²) in [7, 11) is 0. The summed E-state index contributed by atoms with van der Waals surface area (Å²) in [5.74, 6) is 0. The van der Waals surface area contributed by atoms with Crippen LogP contribution in [0.25, 0.3) is 0 Å². The van der Waals surface area contributed by atoms with Gasteiger partial charge in [-0.15, -0.1) is 0 Å². The number of unbranched alkanes of at least 4 members (excludes halogenated alkanes) is 2. The third-order valence-electron chi connectivity index (χ3n) is 3.35. The van der Waals surface area contributed by atoms with Crippen LogP contribution in [0.1, 0.15) is 31.7 Å². The molecule has 4 nitrogen and oxygen atoms in total. The van der Waals surface area contributed by atoms with E-state index in [4.69, 9.17) is 0 Å². The third-order valence-corrected chi connectivity index (χ3v) is 3.35. The van der Waals surface area contributed by atoms with Crippen LogP contribution in [0.3, 0.4) is 0 Å². The Balaban J connectivity index is 1.93. The lowest BCUT2D eigenvalue weighted by atomic mass is 10.1. The minimum absolute atomic E-state index is 0.686. The molecule has 1 amide bonds. The van der Waals surface area contributed by atoms with Gasteiger partial charge in [-0.05, 0) is 54.8 Å². The maximum atomic E-state index is 10.2. The first kappa shape index (κ1) is 15.9. The van der Waals surface area contributed by atoms with Crippen LogP contribution in [0.4, 0.5) is 17.1 Å². The Kier molecular flexibility index (Phi) is 6.30. The van der Waals surface area contributed by atoms with Gasteiger partial charge in [0.2, 0.25) is 0 Å². The smallest absolute Gasteiger partial charge is 0.314 e. The molecular formula is C18H20N3O. The van der Waals surface area contributed by atoms with Crippen LogP contribution >= 0.6 is 0 Å². The maximum absolute atomic E-state index is 10.2. The highest BCUT2D eigenvalue weighted by atomic mass is 16.1. The Morgan fingerprint density at radius 1 is 0.909 bits per heavy atom. The molecule has 0 fully saturated rings. The van der Waals surface area contributed by atoms with Crippen molar-refractivity contribution in [1.29, 1.82) is 0 Å². The second-order valence-corrected chi connectivity index (χ2v) is 5.10. The van der Waals surface area contributed by atoms with Gasteiger partial charge in [0, 0.05) is 5.69 Å². The highest BCUT2D eigenvalue weighted by molar-refractivity contribution is 5.72. The van der Waals surface area contributed by atoms with E-state index in [0.29, 0.717) is 5.69 Å². The Bertz CT molecular complexity index is 603. The topological polar surface area (TPSA) is 53.8 Å². The van der Waals surface area contributed by atoms with Gasteiger partial charge in [-0.3, -0.25) is 4.79 Å². The molecule has 0 spiro atoms. The Hall–Kier alpha value is -2.49. The van der Waals surface area contributed by atoms with Crippen LogP contribution in [0.2, 0.25) is 0 Å². The molecule has 113 valence electrons. The lowest BCUT2D eigenvalue weighted by Gasteiger charge is -2.01. The van der Waals surface area contributed by atoms with E-state index in [-0.39, 0.29) is 0 Å². The Morgan fingerprint density at radius 3 is 2.05 bits per heavy atom. The van der Waals surface area contributed by atoms with Gasteiger partial charge in [0.05, 0.1) is 11.4 Å². The average molecular weight is 294 g/mol. The van der Waals surface area contributed by atoms with Crippen molar-refractivity contribution in [3.8, 4) is 0 Å². The van der Waals surface area contributed by atoms with E-state index in [1.165, 1.54) is 24.8 Å². The van der Waals surface area contributed by atoms with Crippen molar-refractivity contribution in [3.05, 3.63) is 54.1 Å². The summed E-state index contributed by atoms with van der Waals surface area (Å²) in [6, 6.07) is 15.3. The number of aryl methyl sites for hydroxylation is 1. The fraction of sp³-hybridized carbons (Fsp3) is 0.278. The average Bonchev–Trinajstić information content (AvgIpc) is 2.56. The molecule has 4 heteroatoms. The minimum atomic E-state index is 0.686. The fourth-order valence-electron chi connectivity index (χ4n) is 2.09. The second-order valence-electron chi connectivity index (χ2n) is 5.10. The van der Waals surface area contributed by atoms with E-state index < -0.39 is 0 Å². The molecule has 0 atom stereocenters. The number of nitrogens with zero attached hydrogens (tertiary/aromatic N) is 2. The van der Waals surface area contributed by atoms with Crippen LogP contribution in [0.5, 0.6) is 0 Å². The number of amides is 1. The number of anilines is 1. The monoisotopic (exact) mass is 294 g/mol. The van der Waals surface area contributed by atoms with Crippen molar-refractivity contribution in [2.45, 2.75) is 32.6 Å². The van der Waals surface area contributed by atoms with Crippen molar-refractivity contribution in [2.24, 2.45) is 10.2 Å². The Morgan fingerprint density at radius 2 is 1.50 bits per heavy atom. The number of hydrogen-bond donors (Lipinski definition) is 1. The summed E-state index contributed by atoms with van der Waals surface area (Å²) in [6.07, 6.45) is 6.49. The Labute approximate surface area is 131 Å². The van der Waals surface area contributed by atoms with Gasteiger partial charge < -0.3 is 5.32 Å². The first-order valence-electron chi connectivity index (χ1n) is 7.55. The van der Waals surface area contributed by atoms with Gasteiger partial charge >= 0.3 is 6.41 Å². The maximum Gasteiger partial charge on any atom is 0.314 e. The van der Waals surface area contributed by atoms with Crippen molar-refractivity contribution in [1.82, 2.24) is 0 Å². The minimum Gasteiger partial charge on any atom is -0.318 e. The molecule has 22 heavy (non-hydrogen) atoms. The van der Waals surface area contributed by atoms with Gasteiger partial charge in [0.25, 0.3) is 0 Å². The predicted molar refractivity (Wildman–Crippen MR) is 89.6 cm³/mol. The fourth-order valence-corrected chi connectivity index (χ4v) is 2.09. The number of carbonyl (C=O) groups excluding carboxylic acids is 1. The quantitative estimate of drug-likeness (QED) is 0.400. The standard InChI is InChI=1S/C18H20N3O/c1-2-3-4-5-15-6-8-17(9-7-15)20-21-18-12-10-16(11-13-18)19-14-22/h6-13H,2-5H2,1H3,(H,19,22)/b21-20+. The lowest BCUT2D eigenvalue weighted by molar-refractivity contribution is 0.561. The summed E-state index contributed by atoms with van der Waals surface area (Å²) in [5, 5.41) is 10.9. The lowest BCUT2D eigenvalue weighted by Crippen LogP contribution is -1.91. The highest BCUT2D eigenvalue weighted by Gasteiger charge is 1.95. The van der Waals surface area contributed by atoms with Crippen LogP contribution in [-0.2, 0) is 11.2 Å². The molecule has 1 radical (unpaired) electrons. The van der Waals surface area contributed by atoms with E-state index in [2.05, 4.69) is 34.6 Å². The first-order chi connectivity index (χ1) is 10.8. The number of azo groups is 1. The van der Waals surface area contributed by atoms with Crippen molar-refractivity contribution < 1.29 is 4.79 Å². The zero-order valence-electron chi connectivity index (χ0n) is 12.7. The molecule has 0 bridgehead atoms. The molecule has 1 N–H and O–H groups in total. The molecular weight excluding hydrogens is 274 g/mol. The summed E-state index contributed by atoms with van der Waals surface area (Å²) < 4.78 is 0. The molecule has 0 unspecified atom stereocenters. The van der Waals surface area contributed by atoms with E-state index >= 15 is 0 Å². The third kappa shape index (κ3) is 5.13. The molecule has 0 heterocycles. The van der Waals surface area contributed by atoms with E-state index in [1.807, 2.05) is 12.1 Å². The largest absolute Gasteiger partial charge is 0.318 e. The molecule has 0 aromatic heterocycles. The van der Waals surface area contributed by atoms with Gasteiger partial charge in [-0.2, -0.15) is 10.2 Å². The zero-order chi connectivity index (χ0) is 15.6. The van der Waals surface area contributed by atoms with Gasteiger partial charge in [0.15, 0.2) is 0 Å². The second kappa shape index (κ2) is 8.72. The van der Waals surface area contributed by atoms with Crippen molar-refractivity contribution in [3.63, 3.8) is 0 Å². The van der Waals surface area contributed by atoms with Gasteiger partial charge in [-0.25, -0.2) is 0 Å². The molecule has 2 aromatic carbocycles. The first-order valence-corrected chi connectivity index (χ1v) is 7.55. The van der Waals surface area contributed by atoms with Crippen LogP contribution in [0.15, 0.2) is 58.8 Å². The summed E-state index contributed by atoms with van der Waals surface area (Å²) in [6.45, 7) is 2.21. The summed E-state index contributed by atoms with van der Waals surface area (Å²) in [5.41, 5.74) is 3.60. The number of benzene rings is 2. The number of nitrogens with one attached hydrogen (secondary N) is 1. The van der Waals surface area contributed by atoms with Gasteiger partial charge in [-0.1, -0.05) is 31.9 Å². The highest BCUT2D eigenvalue weighted by Crippen LogP contribution is 2.20. The van der Waals surface area contributed by atoms with E-state index in [9.17, 15) is 4.79 Å². The molecule has 0 aliphatic rings. The summed E-state index contributed by atoms with van der Waals surface area (Å²) >= 11 is 0. The molecule has 0 saturated heterocycles. The normalized spacial score (nSPS) is 10.8. The predicted octanol–water partition coefficient (Wildman–Crippen LogP) is 5.31. The van der Waals surface area contributed by atoms with Crippen LogP contribution < -0.4 is 5.32 Å². The molecule has 0 aliphatic carbocycles. The van der Waals surface area contributed by atoms with Crippen molar-refractivity contribution >= 4 is 23.5 Å². The number of rotatable bonds is 8. The molecule has 0 aliphatic heterocycles. The summed E-state index contributed by atoms with van der Waals surface area (Å²) in [4.78, 5) is 10.2. The van der Waals surface area contributed by atoms with Crippen LogP contribution in [0, 0.1) is 0 Å². The molecule has 2 aromatic rings. The zero-order valence-corrected chi connectivity index (χ0v) is 12.7.